The first-order valence-electron chi connectivity index (χ1n) is 16.1. The summed E-state index contributed by atoms with van der Waals surface area (Å²) in [5.74, 6) is 0.742. The lowest BCUT2D eigenvalue weighted by atomic mass is 10.1. The van der Waals surface area contributed by atoms with Crippen molar-refractivity contribution in [3.05, 3.63) is 95.0 Å². The van der Waals surface area contributed by atoms with Gasteiger partial charge >= 0.3 is 12.1 Å². The maximum atomic E-state index is 14.7. The SMILES string of the molecule is COc1cc(NCCO)cc(NC(=O)N(c2cccc(Cl)c2CCO)N(C(=O)Nc2ccccc2CCO)c2cc(NCCO)cc(OC)c2)c1. The van der Waals surface area contributed by atoms with E-state index >= 15 is 0 Å². The summed E-state index contributed by atoms with van der Waals surface area (Å²) >= 11 is 6.66. The van der Waals surface area contributed by atoms with Gasteiger partial charge in [-0.2, -0.15) is 10.0 Å². The van der Waals surface area contributed by atoms with Crippen LogP contribution in [0.5, 0.6) is 11.5 Å². The van der Waals surface area contributed by atoms with Gasteiger partial charge in [0.25, 0.3) is 0 Å². The van der Waals surface area contributed by atoms with E-state index in [0.717, 1.165) is 10.0 Å². The summed E-state index contributed by atoms with van der Waals surface area (Å²) in [5, 5.41) is 53.0. The number of nitrogens with one attached hydrogen (secondary N) is 4. The van der Waals surface area contributed by atoms with E-state index in [-0.39, 0.29) is 68.8 Å². The molecular formula is C36H43ClN6O8. The number of halogens is 1. The number of aliphatic hydroxyl groups is 4. The second kappa shape index (κ2) is 19.2. The Kier molecular flexibility index (Phi) is 14.5. The number of para-hydroxylation sites is 1. The summed E-state index contributed by atoms with van der Waals surface area (Å²) in [5.41, 5.74) is 3.12. The minimum absolute atomic E-state index is 0.0450. The molecule has 272 valence electrons. The Labute approximate surface area is 301 Å². The number of carbonyl (C=O) groups excluding carboxylic acids is 2. The third kappa shape index (κ3) is 10.2. The molecule has 14 nitrogen and oxygen atoms in total. The second-order valence-electron chi connectivity index (χ2n) is 11.0. The number of methoxy groups -OCH3 is 2. The lowest BCUT2D eigenvalue weighted by molar-refractivity contribution is 0.248. The summed E-state index contributed by atoms with van der Waals surface area (Å²) in [4.78, 5) is 29.4. The number of hydrazine groups is 1. The molecular weight excluding hydrogens is 680 g/mol. The first-order chi connectivity index (χ1) is 24.8. The van der Waals surface area contributed by atoms with E-state index in [2.05, 4.69) is 21.3 Å². The van der Waals surface area contributed by atoms with Crippen LogP contribution in [0, 0.1) is 0 Å². The van der Waals surface area contributed by atoms with Crippen LogP contribution in [0.15, 0.2) is 78.9 Å². The third-order valence-corrected chi connectivity index (χ3v) is 7.91. The van der Waals surface area contributed by atoms with Gasteiger partial charge in [0.05, 0.1) is 38.8 Å². The number of anilines is 6. The summed E-state index contributed by atoms with van der Waals surface area (Å²) < 4.78 is 11.0. The van der Waals surface area contributed by atoms with Gasteiger partial charge in [-0.25, -0.2) is 9.59 Å². The van der Waals surface area contributed by atoms with Crippen molar-refractivity contribution in [3.63, 3.8) is 0 Å². The molecule has 0 atom stereocenters. The largest absolute Gasteiger partial charge is 0.497 e. The van der Waals surface area contributed by atoms with E-state index in [4.69, 9.17) is 21.1 Å². The summed E-state index contributed by atoms with van der Waals surface area (Å²) in [6.45, 7) is -0.338. The van der Waals surface area contributed by atoms with Crippen molar-refractivity contribution >= 4 is 57.8 Å². The Morgan fingerprint density at radius 2 is 1.27 bits per heavy atom. The number of carbonyl (C=O) groups is 2. The van der Waals surface area contributed by atoms with E-state index in [9.17, 15) is 30.0 Å². The lowest BCUT2D eigenvalue weighted by Crippen LogP contribution is -2.54. The molecule has 0 aliphatic rings. The Morgan fingerprint density at radius 1 is 0.667 bits per heavy atom. The van der Waals surface area contributed by atoms with Crippen molar-refractivity contribution in [2.75, 3.05) is 85.0 Å². The van der Waals surface area contributed by atoms with Gasteiger partial charge in [-0.1, -0.05) is 35.9 Å². The van der Waals surface area contributed by atoms with Gasteiger partial charge in [-0.05, 0) is 54.3 Å². The Hall–Kier alpha value is -5.25. The van der Waals surface area contributed by atoms with Gasteiger partial charge < -0.3 is 51.2 Å². The standard InChI is InChI=1S/C36H43ClN6O8/c1-50-29-20-25(38-12-16-46)18-27(22-29)40-35(48)43(34-9-5-7-32(37)31(34)11-15-45)42(28-19-26(39-13-17-47)21-30(23-28)51-2)36(49)41-33-8-4-3-6-24(33)10-14-44/h3-9,18-23,38-39,44-47H,10-17H2,1-2H3,(H,40,48)(H,41,49). The van der Waals surface area contributed by atoms with E-state index < -0.39 is 12.1 Å². The molecule has 0 aromatic heterocycles. The monoisotopic (exact) mass is 722 g/mol. The lowest BCUT2D eigenvalue weighted by Gasteiger charge is -2.36. The minimum atomic E-state index is -0.802. The molecule has 0 saturated heterocycles. The van der Waals surface area contributed by atoms with Crippen molar-refractivity contribution in [2.45, 2.75) is 12.8 Å². The summed E-state index contributed by atoms with van der Waals surface area (Å²) in [6.07, 6.45) is 0.301. The molecule has 4 amide bonds. The highest BCUT2D eigenvalue weighted by atomic mass is 35.5. The molecule has 4 aromatic rings. The zero-order valence-electron chi connectivity index (χ0n) is 28.4. The third-order valence-electron chi connectivity index (χ3n) is 7.56. The molecule has 0 aliphatic carbocycles. The first-order valence-corrected chi connectivity index (χ1v) is 16.5. The van der Waals surface area contributed by atoms with Gasteiger partial charge in [-0.3, -0.25) is 0 Å². The number of rotatable bonds is 16. The Balaban J connectivity index is 1.96. The fourth-order valence-corrected chi connectivity index (χ4v) is 5.54. The maximum absolute atomic E-state index is 14.7. The number of urea groups is 2. The number of benzene rings is 4. The molecule has 0 heterocycles. The number of hydrogen-bond donors (Lipinski definition) is 8. The van der Waals surface area contributed by atoms with Gasteiger partial charge in [0.2, 0.25) is 0 Å². The van der Waals surface area contributed by atoms with E-state index in [0.29, 0.717) is 45.4 Å². The molecule has 4 rings (SSSR count). The predicted octanol–water partition coefficient (Wildman–Crippen LogP) is 4.93. The van der Waals surface area contributed by atoms with Gasteiger partial charge in [-0.15, -0.1) is 0 Å². The fraction of sp³-hybridized carbons (Fsp3) is 0.278. The van der Waals surface area contributed by atoms with Crippen LogP contribution in [0.2, 0.25) is 5.02 Å². The quantitative estimate of drug-likeness (QED) is 0.0737. The number of nitrogens with zero attached hydrogens (tertiary/aromatic N) is 2. The van der Waals surface area contributed by atoms with Crippen molar-refractivity contribution in [2.24, 2.45) is 0 Å². The van der Waals surface area contributed by atoms with Crippen molar-refractivity contribution in [1.82, 2.24) is 0 Å². The van der Waals surface area contributed by atoms with Crippen molar-refractivity contribution in [3.8, 4) is 11.5 Å². The van der Waals surface area contributed by atoms with Crippen LogP contribution < -0.4 is 40.8 Å². The Bertz CT molecular complexity index is 1780. The topological polar surface area (TPSA) is 188 Å². The van der Waals surface area contributed by atoms with E-state index in [1.54, 1.807) is 78.9 Å². The molecule has 0 saturated carbocycles. The highest BCUT2D eigenvalue weighted by Crippen LogP contribution is 2.36. The molecule has 15 heteroatoms. The minimum Gasteiger partial charge on any atom is -0.497 e. The number of amides is 4. The van der Waals surface area contributed by atoms with Crippen LogP contribution >= 0.6 is 11.6 Å². The zero-order valence-corrected chi connectivity index (χ0v) is 29.1. The average molecular weight is 723 g/mol. The first kappa shape index (κ1) is 38.6. The number of hydrogen-bond acceptors (Lipinski definition) is 10. The molecule has 0 unspecified atom stereocenters. The molecule has 0 spiro atoms. The zero-order chi connectivity index (χ0) is 36.8. The number of aliphatic hydroxyl groups excluding tert-OH is 4. The number of ether oxygens (including phenoxy) is 2. The molecule has 51 heavy (non-hydrogen) atoms. The highest BCUT2D eigenvalue weighted by molar-refractivity contribution is 6.32. The van der Waals surface area contributed by atoms with E-state index in [1.807, 2.05) is 0 Å². The van der Waals surface area contributed by atoms with Crippen molar-refractivity contribution in [1.29, 1.82) is 0 Å². The molecule has 4 aromatic carbocycles. The highest BCUT2D eigenvalue weighted by Gasteiger charge is 2.33. The predicted molar refractivity (Wildman–Crippen MR) is 200 cm³/mol. The summed E-state index contributed by atoms with van der Waals surface area (Å²) in [7, 11) is 2.93. The molecule has 8 N–H and O–H groups in total. The van der Waals surface area contributed by atoms with Gasteiger partial charge in [0.1, 0.15) is 11.5 Å². The Morgan fingerprint density at radius 3 is 1.92 bits per heavy atom. The molecule has 0 fully saturated rings. The summed E-state index contributed by atoms with van der Waals surface area (Å²) in [6, 6.07) is 20.0. The van der Waals surface area contributed by atoms with Crippen LogP contribution in [0.25, 0.3) is 0 Å². The molecule has 0 bridgehead atoms. The van der Waals surface area contributed by atoms with Crippen LogP contribution in [0.4, 0.5) is 43.7 Å². The molecule has 0 aliphatic heterocycles. The van der Waals surface area contributed by atoms with Crippen LogP contribution in [-0.4, -0.2) is 86.2 Å². The van der Waals surface area contributed by atoms with Crippen LogP contribution in [0.3, 0.4) is 0 Å². The van der Waals surface area contributed by atoms with E-state index in [1.165, 1.54) is 14.2 Å². The van der Waals surface area contributed by atoms with Crippen molar-refractivity contribution < 1.29 is 39.5 Å². The normalized spacial score (nSPS) is 10.6. The van der Waals surface area contributed by atoms with Crippen LogP contribution in [0.1, 0.15) is 11.1 Å². The fourth-order valence-electron chi connectivity index (χ4n) is 5.28. The second-order valence-corrected chi connectivity index (χ2v) is 11.4. The molecule has 0 radical (unpaired) electrons. The smallest absolute Gasteiger partial charge is 0.345 e. The van der Waals surface area contributed by atoms with Gasteiger partial charge in [0.15, 0.2) is 0 Å². The maximum Gasteiger partial charge on any atom is 0.345 e. The van der Waals surface area contributed by atoms with Crippen LogP contribution in [-0.2, 0) is 12.8 Å². The van der Waals surface area contributed by atoms with Gasteiger partial charge in [0, 0.05) is 78.3 Å². The average Bonchev–Trinajstić information content (AvgIpc) is 3.13.